The van der Waals surface area contributed by atoms with Crippen molar-refractivity contribution in [3.05, 3.63) is 90.3 Å². The number of halogens is 2. The minimum absolute atomic E-state index is 0. The van der Waals surface area contributed by atoms with Crippen LogP contribution < -0.4 is 22.9 Å². The molecule has 3 aromatic carbocycles. The molecule has 1 aromatic heterocycles. The molecule has 3 nitrogen and oxygen atoms in total. The van der Waals surface area contributed by atoms with E-state index in [0.29, 0.717) is 12.5 Å². The Kier molecular flexibility index (Phi) is 8.46. The molecule has 0 saturated heterocycles. The van der Waals surface area contributed by atoms with Crippen LogP contribution in [0, 0.1) is 5.92 Å². The van der Waals surface area contributed by atoms with Crippen molar-refractivity contribution >= 4 is 23.2 Å². The minimum Gasteiger partial charge on any atom is -1.00 e. The molecule has 0 aliphatic carbocycles. The van der Waals surface area contributed by atoms with Gasteiger partial charge in [-0.3, -0.25) is 5.21 Å². The molecule has 0 saturated carbocycles. The Morgan fingerprint density at radius 2 is 1.48 bits per heavy atom. The Bertz CT molecular complexity index is 1140. The second-order valence-corrected chi connectivity index (χ2v) is 8.01. The molecule has 0 unspecified atom stereocenters. The number of rotatable bonds is 5. The van der Waals surface area contributed by atoms with Gasteiger partial charge in [0.15, 0.2) is 0 Å². The normalized spacial score (nSPS) is 10.6. The highest BCUT2D eigenvalue weighted by Gasteiger charge is 2.16. The van der Waals surface area contributed by atoms with E-state index in [9.17, 15) is 5.21 Å². The molecule has 0 spiro atoms. The van der Waals surface area contributed by atoms with E-state index in [2.05, 4.69) is 74.5 Å². The molecule has 5 heteroatoms. The molecule has 0 radical (unpaired) electrons. The fourth-order valence-corrected chi connectivity index (χ4v) is 3.93. The molecule has 0 aliphatic heterocycles. The first kappa shape index (κ1) is 24.7. The Balaban J connectivity index is 0.00000171. The molecule has 3 N–H and O–H groups in total. The Morgan fingerprint density at radius 1 is 0.871 bits per heavy atom. The largest absolute Gasteiger partial charge is 1.00 e. The van der Waals surface area contributed by atoms with Crippen LogP contribution in [0.3, 0.4) is 0 Å². The Hall–Kier alpha value is -2.59. The highest BCUT2D eigenvalue weighted by molar-refractivity contribution is 5.97. The molecular weight excluding hydrogens is 427 g/mol. The van der Waals surface area contributed by atoms with Crippen molar-refractivity contribution in [3.63, 3.8) is 0 Å². The zero-order valence-corrected chi connectivity index (χ0v) is 19.3. The third kappa shape index (κ3) is 5.37. The van der Waals surface area contributed by atoms with Crippen molar-refractivity contribution in [3.8, 4) is 22.3 Å². The topological polar surface area (TPSA) is 50.1 Å². The maximum absolute atomic E-state index is 10.2. The number of hydrogen-bond donors (Lipinski definition) is 2. The summed E-state index contributed by atoms with van der Waals surface area (Å²) in [5.74, 6) is 0.502. The Morgan fingerprint density at radius 3 is 2.10 bits per heavy atom. The van der Waals surface area contributed by atoms with Gasteiger partial charge in [-0.25, -0.2) is 0 Å². The lowest BCUT2D eigenvalue weighted by Crippen LogP contribution is -3.00. The van der Waals surface area contributed by atoms with Crippen molar-refractivity contribution in [2.24, 2.45) is 11.7 Å². The van der Waals surface area contributed by atoms with E-state index in [1.165, 1.54) is 21.2 Å². The fourth-order valence-electron chi connectivity index (χ4n) is 3.93. The zero-order chi connectivity index (χ0) is 20.4. The first-order valence-corrected chi connectivity index (χ1v) is 10.1. The summed E-state index contributed by atoms with van der Waals surface area (Å²) in [6.07, 6.45) is 4.52. The van der Waals surface area contributed by atoms with E-state index in [0.717, 1.165) is 34.1 Å². The van der Waals surface area contributed by atoms with E-state index in [4.69, 9.17) is 5.73 Å². The van der Waals surface area contributed by atoms with Crippen molar-refractivity contribution < 1.29 is 22.3 Å². The lowest BCUT2D eigenvalue weighted by molar-refractivity contribution is -0.904. The monoisotopic (exact) mass is 454 g/mol. The van der Waals surface area contributed by atoms with Gasteiger partial charge in [-0.1, -0.05) is 68.4 Å². The van der Waals surface area contributed by atoms with Gasteiger partial charge in [-0.15, -0.1) is 12.4 Å². The van der Waals surface area contributed by atoms with Crippen LogP contribution in [0.1, 0.15) is 25.0 Å². The van der Waals surface area contributed by atoms with Gasteiger partial charge in [0, 0.05) is 16.8 Å². The first-order chi connectivity index (χ1) is 14.0. The van der Waals surface area contributed by atoms with Gasteiger partial charge in [-0.2, -0.15) is 0 Å². The van der Waals surface area contributed by atoms with Gasteiger partial charge in [0.2, 0.25) is 12.4 Å². The third-order valence-electron chi connectivity index (χ3n) is 5.31. The highest BCUT2D eigenvalue weighted by Crippen LogP contribution is 2.36. The quantitative estimate of drug-likeness (QED) is 0.359. The molecule has 31 heavy (non-hydrogen) atoms. The second kappa shape index (κ2) is 10.6. The average Bonchev–Trinajstić information content (AvgIpc) is 2.73. The highest BCUT2D eigenvalue weighted by atomic mass is 35.5. The van der Waals surface area contributed by atoms with Crippen LogP contribution in [-0.4, -0.2) is 5.21 Å². The van der Waals surface area contributed by atoms with Crippen molar-refractivity contribution in [1.82, 2.24) is 0 Å². The van der Waals surface area contributed by atoms with Crippen LogP contribution >= 0.6 is 12.4 Å². The zero-order valence-electron chi connectivity index (χ0n) is 17.8. The second-order valence-electron chi connectivity index (χ2n) is 8.01. The number of pyridine rings is 1. The first-order valence-electron chi connectivity index (χ1n) is 10.1. The Labute approximate surface area is 196 Å². The number of nitrogens with zero attached hydrogens (tertiary/aromatic N) is 1. The summed E-state index contributed by atoms with van der Waals surface area (Å²) in [7, 11) is 0. The molecule has 0 bridgehead atoms. The van der Waals surface area contributed by atoms with E-state index in [1.807, 2.05) is 12.3 Å². The summed E-state index contributed by atoms with van der Waals surface area (Å²) in [5.41, 5.74) is 12.7. The van der Waals surface area contributed by atoms with Crippen LogP contribution in [0.4, 0.5) is 0 Å². The van der Waals surface area contributed by atoms with Crippen molar-refractivity contribution in [1.29, 1.82) is 0 Å². The SMILES string of the molecule is CC(C)Cc1c[n+](O)cc2cc(-c3ccccc3)c(-c3ccc(CN)cc3)cc12.Cl.[Cl-]. The molecule has 0 aliphatic rings. The van der Waals surface area contributed by atoms with Crippen molar-refractivity contribution in [2.45, 2.75) is 26.8 Å². The summed E-state index contributed by atoms with van der Waals surface area (Å²) in [6.45, 7) is 4.94. The van der Waals surface area contributed by atoms with Gasteiger partial charge in [-0.05, 0) is 57.7 Å². The van der Waals surface area contributed by atoms with Gasteiger partial charge >= 0.3 is 0 Å². The molecule has 1 heterocycles. The maximum Gasteiger partial charge on any atom is 0.230 e. The molecule has 0 amide bonds. The average molecular weight is 455 g/mol. The molecule has 162 valence electrons. The fraction of sp³-hybridized carbons (Fsp3) is 0.192. The summed E-state index contributed by atoms with van der Waals surface area (Å²) in [4.78, 5) is 0. The summed E-state index contributed by atoms with van der Waals surface area (Å²) in [6, 6.07) is 23.3. The van der Waals surface area contributed by atoms with Gasteiger partial charge in [0.1, 0.15) is 0 Å². The van der Waals surface area contributed by atoms with Crippen LogP contribution in [0.2, 0.25) is 0 Å². The maximum atomic E-state index is 10.2. The summed E-state index contributed by atoms with van der Waals surface area (Å²) < 4.78 is 1.19. The minimum atomic E-state index is 0. The molecular formula is C26H28Cl2N2O. The van der Waals surface area contributed by atoms with Crippen LogP contribution in [-0.2, 0) is 13.0 Å². The standard InChI is InChI=1S/C26H27N2O.2ClH/c1-18(2)12-22-16-28(29)17-23-13-25(20-6-4-3-5-7-20)26(14-24(22)23)21-10-8-19(15-27)9-11-21;;/h3-11,13-14,16-18,29H,12,15,27H2,1-2H3;2*1H/q+1;;/p-1. The summed E-state index contributed by atoms with van der Waals surface area (Å²) in [5, 5.41) is 12.5. The predicted molar refractivity (Wildman–Crippen MR) is 126 cm³/mol. The number of aromatic nitrogens is 1. The van der Waals surface area contributed by atoms with Crippen LogP contribution in [0.25, 0.3) is 33.0 Å². The predicted octanol–water partition coefficient (Wildman–Crippen LogP) is 2.78. The van der Waals surface area contributed by atoms with Gasteiger partial charge in [0.25, 0.3) is 0 Å². The van der Waals surface area contributed by atoms with Crippen LogP contribution in [0.15, 0.2) is 79.1 Å². The number of benzene rings is 3. The summed E-state index contributed by atoms with van der Waals surface area (Å²) >= 11 is 0. The number of hydrogen-bond acceptors (Lipinski definition) is 2. The smallest absolute Gasteiger partial charge is 0.230 e. The van der Waals surface area contributed by atoms with Gasteiger partial charge < -0.3 is 18.1 Å². The van der Waals surface area contributed by atoms with Crippen LogP contribution in [0.5, 0.6) is 0 Å². The van der Waals surface area contributed by atoms with E-state index in [-0.39, 0.29) is 24.8 Å². The molecule has 0 atom stereocenters. The number of fused-ring (bicyclic) bond motifs is 1. The number of nitrogens with two attached hydrogens (primary N) is 1. The third-order valence-corrected chi connectivity index (χ3v) is 5.31. The van der Waals surface area contributed by atoms with Crippen molar-refractivity contribution in [2.75, 3.05) is 0 Å². The molecule has 4 aromatic rings. The molecule has 0 fully saturated rings. The van der Waals surface area contributed by atoms with E-state index in [1.54, 1.807) is 6.20 Å². The van der Waals surface area contributed by atoms with E-state index < -0.39 is 0 Å². The van der Waals surface area contributed by atoms with E-state index >= 15 is 0 Å². The lowest BCUT2D eigenvalue weighted by Gasteiger charge is -2.14. The van der Waals surface area contributed by atoms with Gasteiger partial charge in [0.05, 0.1) is 5.39 Å². The lowest BCUT2D eigenvalue weighted by atomic mass is 9.89. The molecule has 4 rings (SSSR count).